The Labute approximate surface area is 81.2 Å². The van der Waals surface area contributed by atoms with Gasteiger partial charge in [-0.1, -0.05) is 6.92 Å². The quantitative estimate of drug-likeness (QED) is 0.730. The zero-order chi connectivity index (χ0) is 10.6. The van der Waals surface area contributed by atoms with Crippen molar-refractivity contribution in [3.8, 4) is 0 Å². The van der Waals surface area contributed by atoms with Crippen molar-refractivity contribution < 1.29 is 17.9 Å². The number of likely N-dealkylation sites (N-methyl/N-ethyl adjacent to an activating group) is 1. The van der Waals surface area contributed by atoms with Gasteiger partial charge in [-0.3, -0.25) is 9.64 Å². The highest BCUT2D eigenvalue weighted by atomic mass is 19.4. The van der Waals surface area contributed by atoms with Gasteiger partial charge in [-0.15, -0.1) is 13.2 Å². The Morgan fingerprint density at radius 1 is 1.43 bits per heavy atom. The Bertz CT molecular complexity index is 170. The highest BCUT2D eigenvalue weighted by molar-refractivity contribution is 4.83. The molecule has 1 N–H and O–H groups in total. The summed E-state index contributed by atoms with van der Waals surface area (Å²) >= 11 is 0. The Hall–Kier alpha value is -0.330. The molecule has 1 aliphatic rings. The molecule has 0 aromatic heterocycles. The van der Waals surface area contributed by atoms with Gasteiger partial charge in [-0.2, -0.15) is 0 Å². The van der Waals surface area contributed by atoms with Crippen LogP contribution in [0.1, 0.15) is 6.92 Å². The van der Waals surface area contributed by atoms with E-state index in [1.54, 1.807) is 0 Å². The molecule has 0 bridgehead atoms. The third kappa shape index (κ3) is 3.81. The summed E-state index contributed by atoms with van der Waals surface area (Å²) in [6, 6.07) is 0.372. The lowest BCUT2D eigenvalue weighted by Crippen LogP contribution is -2.57. The average Bonchev–Trinajstić information content (AvgIpc) is 1.96. The molecule has 1 fully saturated rings. The van der Waals surface area contributed by atoms with Crippen molar-refractivity contribution in [3.05, 3.63) is 0 Å². The second-order valence-electron chi connectivity index (χ2n) is 3.23. The summed E-state index contributed by atoms with van der Waals surface area (Å²) in [5.74, 6) is 0. The molecule has 0 radical (unpaired) electrons. The first-order valence-corrected chi connectivity index (χ1v) is 4.68. The molecule has 0 aliphatic carbocycles. The first-order chi connectivity index (χ1) is 6.53. The first-order valence-electron chi connectivity index (χ1n) is 4.68. The van der Waals surface area contributed by atoms with Gasteiger partial charge in [0, 0.05) is 25.7 Å². The van der Waals surface area contributed by atoms with E-state index in [2.05, 4.69) is 10.1 Å². The molecule has 1 aliphatic heterocycles. The van der Waals surface area contributed by atoms with Crippen LogP contribution in [0.5, 0.6) is 0 Å². The molecule has 14 heavy (non-hydrogen) atoms. The molecule has 6 heteroatoms. The fourth-order valence-electron chi connectivity index (χ4n) is 1.41. The Balaban J connectivity index is 2.14. The normalized spacial score (nSPS) is 18.6. The summed E-state index contributed by atoms with van der Waals surface area (Å²) in [6.07, 6.45) is -4.50. The molecule has 1 heterocycles. The number of rotatable bonds is 5. The minimum absolute atomic E-state index is 0.284. The fraction of sp³-hybridized carbons (Fsp3) is 1.00. The van der Waals surface area contributed by atoms with Crippen molar-refractivity contribution >= 4 is 0 Å². The molecule has 0 unspecified atom stereocenters. The van der Waals surface area contributed by atoms with Gasteiger partial charge >= 0.3 is 6.36 Å². The van der Waals surface area contributed by atoms with Gasteiger partial charge in [0.15, 0.2) is 0 Å². The summed E-state index contributed by atoms with van der Waals surface area (Å²) in [4.78, 5) is 1.99. The maximum absolute atomic E-state index is 11.7. The van der Waals surface area contributed by atoms with Crippen LogP contribution < -0.4 is 5.32 Å². The van der Waals surface area contributed by atoms with Crippen LogP contribution in [0.15, 0.2) is 0 Å². The van der Waals surface area contributed by atoms with E-state index in [0.29, 0.717) is 12.6 Å². The maximum atomic E-state index is 11.7. The van der Waals surface area contributed by atoms with E-state index in [-0.39, 0.29) is 6.61 Å². The molecule has 0 aromatic carbocycles. The highest BCUT2D eigenvalue weighted by Crippen LogP contribution is 2.16. The van der Waals surface area contributed by atoms with Gasteiger partial charge in [-0.25, -0.2) is 0 Å². The van der Waals surface area contributed by atoms with Crippen molar-refractivity contribution in [3.63, 3.8) is 0 Å². The largest absolute Gasteiger partial charge is 0.522 e. The van der Waals surface area contributed by atoms with Crippen LogP contribution in [0, 0.1) is 0 Å². The lowest BCUT2D eigenvalue weighted by atomic mass is 10.1. The lowest BCUT2D eigenvalue weighted by Gasteiger charge is -2.37. The van der Waals surface area contributed by atoms with Crippen LogP contribution in [0.3, 0.4) is 0 Å². The SMILES string of the molecule is CCN(CCOC(F)(F)F)C1CNC1. The van der Waals surface area contributed by atoms with Crippen molar-refractivity contribution in [1.82, 2.24) is 10.2 Å². The highest BCUT2D eigenvalue weighted by Gasteiger charge is 2.30. The minimum Gasteiger partial charge on any atom is -0.314 e. The lowest BCUT2D eigenvalue weighted by molar-refractivity contribution is -0.325. The Morgan fingerprint density at radius 2 is 2.07 bits per heavy atom. The second-order valence-corrected chi connectivity index (χ2v) is 3.23. The Morgan fingerprint density at radius 3 is 2.43 bits per heavy atom. The van der Waals surface area contributed by atoms with Gasteiger partial charge in [0.05, 0.1) is 6.61 Å². The van der Waals surface area contributed by atoms with Crippen LogP contribution in [0.25, 0.3) is 0 Å². The van der Waals surface area contributed by atoms with E-state index < -0.39 is 6.36 Å². The summed E-state index contributed by atoms with van der Waals surface area (Å²) in [5, 5.41) is 3.08. The van der Waals surface area contributed by atoms with E-state index in [0.717, 1.165) is 19.6 Å². The van der Waals surface area contributed by atoms with Crippen LogP contribution in [-0.4, -0.2) is 50.1 Å². The smallest absolute Gasteiger partial charge is 0.314 e. The first kappa shape index (κ1) is 11.7. The van der Waals surface area contributed by atoms with Crippen molar-refractivity contribution in [2.45, 2.75) is 19.3 Å². The summed E-state index contributed by atoms with van der Waals surface area (Å²) < 4.78 is 38.7. The molecule has 1 saturated heterocycles. The van der Waals surface area contributed by atoms with Gasteiger partial charge < -0.3 is 5.32 Å². The van der Waals surface area contributed by atoms with Gasteiger partial charge in [-0.05, 0) is 6.54 Å². The van der Waals surface area contributed by atoms with Crippen LogP contribution in [-0.2, 0) is 4.74 Å². The van der Waals surface area contributed by atoms with Crippen molar-refractivity contribution in [1.29, 1.82) is 0 Å². The number of hydrogen-bond donors (Lipinski definition) is 1. The van der Waals surface area contributed by atoms with E-state index in [1.807, 2.05) is 11.8 Å². The van der Waals surface area contributed by atoms with Crippen LogP contribution in [0.2, 0.25) is 0 Å². The summed E-state index contributed by atoms with van der Waals surface area (Å²) in [7, 11) is 0. The molecule has 1 rings (SSSR count). The van der Waals surface area contributed by atoms with Crippen LogP contribution >= 0.6 is 0 Å². The molecule has 0 aromatic rings. The van der Waals surface area contributed by atoms with E-state index >= 15 is 0 Å². The molecule has 0 amide bonds. The fourth-order valence-corrected chi connectivity index (χ4v) is 1.41. The number of nitrogens with zero attached hydrogens (tertiary/aromatic N) is 1. The molecule has 84 valence electrons. The van der Waals surface area contributed by atoms with Gasteiger partial charge in [0.1, 0.15) is 0 Å². The molecule has 0 spiro atoms. The number of ether oxygens (including phenoxy) is 1. The van der Waals surface area contributed by atoms with Crippen molar-refractivity contribution in [2.24, 2.45) is 0 Å². The zero-order valence-corrected chi connectivity index (χ0v) is 8.10. The number of nitrogens with one attached hydrogen (secondary N) is 1. The minimum atomic E-state index is -4.50. The number of alkyl halides is 3. The number of halogens is 3. The Kier molecular flexibility index (Phi) is 4.15. The standard InChI is InChI=1S/C8H15F3N2O/c1-2-13(7-5-12-6-7)3-4-14-8(9,10)11/h7,12H,2-6H2,1H3. The van der Waals surface area contributed by atoms with Gasteiger partial charge in [0.2, 0.25) is 0 Å². The summed E-state index contributed by atoms with van der Waals surface area (Å²) in [5.41, 5.74) is 0. The molecule has 0 saturated carbocycles. The summed E-state index contributed by atoms with van der Waals surface area (Å²) in [6.45, 7) is 4.47. The predicted octanol–water partition coefficient (Wildman–Crippen LogP) is 0.817. The molecule has 3 nitrogen and oxygen atoms in total. The van der Waals surface area contributed by atoms with Gasteiger partial charge in [0.25, 0.3) is 0 Å². The molecular weight excluding hydrogens is 197 g/mol. The molecule has 0 atom stereocenters. The molecular formula is C8H15F3N2O. The average molecular weight is 212 g/mol. The second kappa shape index (κ2) is 4.95. The van der Waals surface area contributed by atoms with E-state index in [1.165, 1.54) is 0 Å². The predicted molar refractivity (Wildman–Crippen MR) is 45.9 cm³/mol. The van der Waals surface area contributed by atoms with E-state index in [4.69, 9.17) is 0 Å². The zero-order valence-electron chi connectivity index (χ0n) is 8.10. The van der Waals surface area contributed by atoms with Crippen molar-refractivity contribution in [2.75, 3.05) is 32.8 Å². The topological polar surface area (TPSA) is 24.5 Å². The third-order valence-electron chi connectivity index (χ3n) is 2.33. The van der Waals surface area contributed by atoms with Crippen LogP contribution in [0.4, 0.5) is 13.2 Å². The maximum Gasteiger partial charge on any atom is 0.522 e. The monoisotopic (exact) mass is 212 g/mol. The van der Waals surface area contributed by atoms with E-state index in [9.17, 15) is 13.2 Å². The number of hydrogen-bond acceptors (Lipinski definition) is 3. The third-order valence-corrected chi connectivity index (χ3v) is 2.33.